The minimum absolute atomic E-state index is 1.23. The average Bonchev–Trinajstić information content (AvgIpc) is 2.16. The molecule has 0 aromatic carbocycles. The standard InChI is InChI=1S/C12H26N/c1-3-4-5-6-7-8-9-10-11-12-13-2/h12-13H,3-11H2,1-2H3. The van der Waals surface area contributed by atoms with Crippen molar-refractivity contribution in [2.45, 2.75) is 64.7 Å². The average molecular weight is 184 g/mol. The van der Waals surface area contributed by atoms with Crippen LogP contribution in [-0.2, 0) is 0 Å². The molecule has 0 aliphatic heterocycles. The number of hydrogen-bond donors (Lipinski definition) is 1. The Balaban J connectivity index is 2.76. The van der Waals surface area contributed by atoms with E-state index >= 15 is 0 Å². The van der Waals surface area contributed by atoms with Gasteiger partial charge in [0.15, 0.2) is 0 Å². The highest BCUT2D eigenvalue weighted by atomic mass is 14.8. The molecule has 79 valence electrons. The van der Waals surface area contributed by atoms with Crippen LogP contribution in [0, 0.1) is 6.54 Å². The van der Waals surface area contributed by atoms with Gasteiger partial charge in [-0.25, -0.2) is 0 Å². The maximum atomic E-state index is 3.06. The van der Waals surface area contributed by atoms with E-state index in [4.69, 9.17) is 0 Å². The summed E-state index contributed by atoms with van der Waals surface area (Å²) in [6.45, 7) is 4.42. The maximum Gasteiger partial charge on any atom is 0.0218 e. The summed E-state index contributed by atoms with van der Waals surface area (Å²) >= 11 is 0. The highest BCUT2D eigenvalue weighted by molar-refractivity contribution is 4.57. The van der Waals surface area contributed by atoms with E-state index in [1.54, 1.807) is 0 Å². The predicted molar refractivity (Wildman–Crippen MR) is 60.6 cm³/mol. The van der Waals surface area contributed by atoms with E-state index in [0.29, 0.717) is 0 Å². The normalized spacial score (nSPS) is 10.6. The molecule has 0 saturated carbocycles. The van der Waals surface area contributed by atoms with Crippen LogP contribution in [0.3, 0.4) is 0 Å². The van der Waals surface area contributed by atoms with Gasteiger partial charge in [-0.2, -0.15) is 0 Å². The fraction of sp³-hybridized carbons (Fsp3) is 0.917. The molecule has 0 saturated heterocycles. The van der Waals surface area contributed by atoms with Crippen molar-refractivity contribution in [1.29, 1.82) is 0 Å². The third kappa shape index (κ3) is 12.0. The van der Waals surface area contributed by atoms with Crippen LogP contribution in [-0.4, -0.2) is 7.05 Å². The van der Waals surface area contributed by atoms with E-state index in [-0.39, 0.29) is 0 Å². The molecule has 0 aliphatic rings. The van der Waals surface area contributed by atoms with Crippen LogP contribution in [0.25, 0.3) is 0 Å². The first kappa shape index (κ1) is 13.0. The summed E-state index contributed by atoms with van der Waals surface area (Å²) in [5.41, 5.74) is 0. The molecule has 0 rings (SSSR count). The SMILES string of the molecule is CCCCCCCCCC[CH]NC. The third-order valence-electron chi connectivity index (χ3n) is 2.41. The number of nitrogens with one attached hydrogen (secondary N) is 1. The summed E-state index contributed by atoms with van der Waals surface area (Å²) in [5, 5.41) is 3.06. The quantitative estimate of drug-likeness (QED) is 0.508. The second kappa shape index (κ2) is 12.0. The summed E-state index contributed by atoms with van der Waals surface area (Å²) in [6.07, 6.45) is 12.5. The van der Waals surface area contributed by atoms with Crippen LogP contribution in [0.5, 0.6) is 0 Å². The molecule has 0 amide bonds. The Bertz CT molecular complexity index is 71.2. The van der Waals surface area contributed by atoms with Crippen molar-refractivity contribution in [2.75, 3.05) is 7.05 Å². The zero-order valence-electron chi connectivity index (χ0n) is 9.44. The van der Waals surface area contributed by atoms with Crippen molar-refractivity contribution in [1.82, 2.24) is 5.32 Å². The topological polar surface area (TPSA) is 12.0 Å². The molecule has 0 spiro atoms. The first-order valence-electron chi connectivity index (χ1n) is 5.90. The van der Waals surface area contributed by atoms with Crippen molar-refractivity contribution in [3.05, 3.63) is 6.54 Å². The van der Waals surface area contributed by atoms with Crippen LogP contribution >= 0.6 is 0 Å². The van der Waals surface area contributed by atoms with Crippen molar-refractivity contribution in [3.63, 3.8) is 0 Å². The molecule has 1 N–H and O–H groups in total. The first-order chi connectivity index (χ1) is 6.41. The monoisotopic (exact) mass is 184 g/mol. The molecule has 1 nitrogen and oxygen atoms in total. The lowest BCUT2D eigenvalue weighted by atomic mass is 10.1. The summed E-state index contributed by atoms with van der Waals surface area (Å²) in [6, 6.07) is 0. The van der Waals surface area contributed by atoms with E-state index in [1.807, 2.05) is 7.05 Å². The zero-order chi connectivity index (χ0) is 9.78. The molecule has 0 bridgehead atoms. The lowest BCUT2D eigenvalue weighted by molar-refractivity contribution is 0.570. The summed E-state index contributed by atoms with van der Waals surface area (Å²) < 4.78 is 0. The highest BCUT2D eigenvalue weighted by Gasteiger charge is 1.90. The Morgan fingerprint density at radius 1 is 0.846 bits per heavy atom. The minimum Gasteiger partial charge on any atom is -0.315 e. The van der Waals surface area contributed by atoms with E-state index in [0.717, 1.165) is 0 Å². The first-order valence-corrected chi connectivity index (χ1v) is 5.90. The van der Waals surface area contributed by atoms with Gasteiger partial charge in [-0.3, -0.25) is 0 Å². The molecular weight excluding hydrogens is 158 g/mol. The van der Waals surface area contributed by atoms with Gasteiger partial charge in [-0.1, -0.05) is 58.3 Å². The smallest absolute Gasteiger partial charge is 0.0218 e. The molecule has 0 atom stereocenters. The van der Waals surface area contributed by atoms with Gasteiger partial charge < -0.3 is 5.32 Å². The van der Waals surface area contributed by atoms with Gasteiger partial charge in [-0.05, 0) is 13.5 Å². The van der Waals surface area contributed by atoms with Gasteiger partial charge in [0.1, 0.15) is 0 Å². The fourth-order valence-corrected chi connectivity index (χ4v) is 1.52. The van der Waals surface area contributed by atoms with Crippen LogP contribution < -0.4 is 5.32 Å². The number of rotatable bonds is 10. The third-order valence-corrected chi connectivity index (χ3v) is 2.41. The Hall–Kier alpha value is -0.0400. The van der Waals surface area contributed by atoms with E-state index in [1.165, 1.54) is 57.8 Å². The molecule has 1 heteroatoms. The summed E-state index contributed by atoms with van der Waals surface area (Å²) in [5.74, 6) is 0. The highest BCUT2D eigenvalue weighted by Crippen LogP contribution is 2.09. The van der Waals surface area contributed by atoms with E-state index < -0.39 is 0 Å². The maximum absolute atomic E-state index is 3.06. The van der Waals surface area contributed by atoms with Crippen molar-refractivity contribution in [2.24, 2.45) is 0 Å². The minimum atomic E-state index is 1.23. The van der Waals surface area contributed by atoms with E-state index in [2.05, 4.69) is 18.8 Å². The fourth-order valence-electron chi connectivity index (χ4n) is 1.52. The zero-order valence-corrected chi connectivity index (χ0v) is 9.44. The lowest BCUT2D eigenvalue weighted by Crippen LogP contribution is -1.99. The van der Waals surface area contributed by atoms with Gasteiger partial charge in [0, 0.05) is 6.54 Å². The Morgan fingerprint density at radius 2 is 1.38 bits per heavy atom. The Kier molecular flexibility index (Phi) is 11.9. The molecule has 0 aromatic rings. The van der Waals surface area contributed by atoms with E-state index in [9.17, 15) is 0 Å². The van der Waals surface area contributed by atoms with Crippen molar-refractivity contribution < 1.29 is 0 Å². The molecule has 0 fully saturated rings. The summed E-state index contributed by atoms with van der Waals surface area (Å²) in [7, 11) is 1.98. The van der Waals surface area contributed by atoms with Crippen molar-refractivity contribution >= 4 is 0 Å². The molecule has 0 aromatic heterocycles. The van der Waals surface area contributed by atoms with Crippen LogP contribution in [0.1, 0.15) is 64.7 Å². The Morgan fingerprint density at radius 3 is 1.92 bits per heavy atom. The van der Waals surface area contributed by atoms with Gasteiger partial charge in [0.05, 0.1) is 0 Å². The lowest BCUT2D eigenvalue weighted by Gasteiger charge is -2.01. The van der Waals surface area contributed by atoms with Crippen LogP contribution in [0.2, 0.25) is 0 Å². The second-order valence-electron chi connectivity index (χ2n) is 3.76. The van der Waals surface area contributed by atoms with Gasteiger partial charge >= 0.3 is 0 Å². The molecule has 13 heavy (non-hydrogen) atoms. The largest absolute Gasteiger partial charge is 0.315 e. The molecule has 1 radical (unpaired) electrons. The predicted octanol–water partition coefficient (Wildman–Crippen LogP) is 3.90. The van der Waals surface area contributed by atoms with Crippen LogP contribution in [0.15, 0.2) is 0 Å². The van der Waals surface area contributed by atoms with Gasteiger partial charge in [-0.15, -0.1) is 0 Å². The Labute approximate surface area is 84.3 Å². The van der Waals surface area contributed by atoms with Crippen molar-refractivity contribution in [3.8, 4) is 0 Å². The molecule has 0 heterocycles. The second-order valence-corrected chi connectivity index (χ2v) is 3.76. The molecule has 0 aliphatic carbocycles. The van der Waals surface area contributed by atoms with Crippen LogP contribution in [0.4, 0.5) is 0 Å². The molecule has 0 unspecified atom stereocenters. The van der Waals surface area contributed by atoms with Gasteiger partial charge in [0.25, 0.3) is 0 Å². The van der Waals surface area contributed by atoms with Gasteiger partial charge in [0.2, 0.25) is 0 Å². The number of hydrogen-bond acceptors (Lipinski definition) is 1. The molecular formula is C12H26N. The summed E-state index contributed by atoms with van der Waals surface area (Å²) in [4.78, 5) is 0. The number of unbranched alkanes of at least 4 members (excludes halogenated alkanes) is 8.